The van der Waals surface area contributed by atoms with Crippen molar-refractivity contribution in [1.29, 1.82) is 0 Å². The molecule has 0 spiro atoms. The fraction of sp³-hybridized carbons (Fsp3) is 0.533. The van der Waals surface area contributed by atoms with Crippen molar-refractivity contribution in [2.75, 3.05) is 6.54 Å². The van der Waals surface area contributed by atoms with Gasteiger partial charge in [-0.15, -0.1) is 0 Å². The molecule has 1 saturated carbocycles. The third-order valence-corrected chi connectivity index (χ3v) is 5.12. The lowest BCUT2D eigenvalue weighted by Gasteiger charge is -2.12. The molecule has 1 aliphatic carbocycles. The van der Waals surface area contributed by atoms with Gasteiger partial charge in [0, 0.05) is 19.0 Å². The number of carbonyl (C=O) groups excluding carboxylic acids is 1. The number of hydrogen-bond acceptors (Lipinski definition) is 3. The first-order chi connectivity index (χ1) is 9.97. The Kier molecular flexibility index (Phi) is 5.36. The van der Waals surface area contributed by atoms with Crippen LogP contribution in [0, 0.1) is 6.92 Å². The fourth-order valence-corrected chi connectivity index (χ4v) is 3.67. The number of aryl methyl sites for hydroxylation is 1. The molecule has 116 valence electrons. The maximum atomic E-state index is 12.1. The van der Waals surface area contributed by atoms with E-state index in [9.17, 15) is 13.2 Å². The van der Waals surface area contributed by atoms with E-state index in [0.29, 0.717) is 0 Å². The number of amides is 1. The third kappa shape index (κ3) is 4.82. The lowest BCUT2D eigenvalue weighted by molar-refractivity contribution is -0.121. The summed E-state index contributed by atoms with van der Waals surface area (Å²) in [4.78, 5) is 12.0. The largest absolute Gasteiger partial charge is 0.353 e. The van der Waals surface area contributed by atoms with Gasteiger partial charge in [0.15, 0.2) is 0 Å². The van der Waals surface area contributed by atoms with Gasteiger partial charge in [-0.3, -0.25) is 4.79 Å². The Labute approximate surface area is 126 Å². The zero-order chi connectivity index (χ0) is 15.3. The standard InChI is InChI=1S/C15H22N2O3S/c1-12-5-4-8-14(11-12)21(19,20)16-10-9-15(18)17-13-6-2-3-7-13/h4-5,8,11,13,16H,2-3,6-7,9-10H2,1H3,(H,17,18). The highest BCUT2D eigenvalue weighted by Gasteiger charge is 2.18. The number of rotatable bonds is 6. The van der Waals surface area contributed by atoms with E-state index in [-0.39, 0.29) is 29.8 Å². The molecule has 0 bridgehead atoms. The SMILES string of the molecule is Cc1cccc(S(=O)(=O)NCCC(=O)NC2CCCC2)c1. The van der Waals surface area contributed by atoms with Crippen molar-refractivity contribution in [3.8, 4) is 0 Å². The number of carbonyl (C=O) groups is 1. The number of nitrogens with one attached hydrogen (secondary N) is 2. The van der Waals surface area contributed by atoms with Crippen LogP contribution in [0.2, 0.25) is 0 Å². The first-order valence-electron chi connectivity index (χ1n) is 7.33. The summed E-state index contributed by atoms with van der Waals surface area (Å²) in [5.74, 6) is -0.0890. The molecule has 2 N–H and O–H groups in total. The van der Waals surface area contributed by atoms with Crippen molar-refractivity contribution in [1.82, 2.24) is 10.0 Å². The Balaban J connectivity index is 1.80. The Bertz CT molecular complexity index is 593. The third-order valence-electron chi connectivity index (χ3n) is 3.66. The second-order valence-corrected chi connectivity index (χ2v) is 7.28. The van der Waals surface area contributed by atoms with Crippen molar-refractivity contribution in [3.05, 3.63) is 29.8 Å². The Morgan fingerprint density at radius 3 is 2.67 bits per heavy atom. The van der Waals surface area contributed by atoms with E-state index in [1.807, 2.05) is 13.0 Å². The van der Waals surface area contributed by atoms with Gasteiger partial charge in [0.25, 0.3) is 0 Å². The Hall–Kier alpha value is -1.40. The normalized spacial score (nSPS) is 16.0. The van der Waals surface area contributed by atoms with Crippen LogP contribution < -0.4 is 10.0 Å². The fourth-order valence-electron chi connectivity index (χ4n) is 2.53. The molecule has 6 heteroatoms. The molecule has 5 nitrogen and oxygen atoms in total. The van der Waals surface area contributed by atoms with Crippen LogP contribution in [0.15, 0.2) is 29.2 Å². The molecule has 1 fully saturated rings. The molecule has 0 aromatic heterocycles. The maximum absolute atomic E-state index is 12.1. The minimum absolute atomic E-state index is 0.0890. The summed E-state index contributed by atoms with van der Waals surface area (Å²) in [5, 5.41) is 2.94. The van der Waals surface area contributed by atoms with Gasteiger partial charge < -0.3 is 5.32 Å². The molecule has 21 heavy (non-hydrogen) atoms. The second kappa shape index (κ2) is 7.04. The minimum atomic E-state index is -3.54. The van der Waals surface area contributed by atoms with Crippen LogP contribution >= 0.6 is 0 Å². The molecule has 2 rings (SSSR count). The summed E-state index contributed by atoms with van der Waals surface area (Å²) in [6, 6.07) is 6.98. The van der Waals surface area contributed by atoms with Gasteiger partial charge >= 0.3 is 0 Å². The number of sulfonamides is 1. The first-order valence-corrected chi connectivity index (χ1v) is 8.81. The molecule has 0 atom stereocenters. The summed E-state index contributed by atoms with van der Waals surface area (Å²) in [6.07, 6.45) is 4.54. The highest BCUT2D eigenvalue weighted by molar-refractivity contribution is 7.89. The summed E-state index contributed by atoms with van der Waals surface area (Å²) < 4.78 is 26.6. The topological polar surface area (TPSA) is 75.3 Å². The van der Waals surface area contributed by atoms with Gasteiger partial charge in [0.1, 0.15) is 0 Å². The lowest BCUT2D eigenvalue weighted by Crippen LogP contribution is -2.35. The predicted octanol–water partition coefficient (Wildman–Crippen LogP) is 1.72. The molecule has 0 unspecified atom stereocenters. The molecule has 0 radical (unpaired) electrons. The van der Waals surface area contributed by atoms with E-state index in [1.165, 1.54) is 0 Å². The monoisotopic (exact) mass is 310 g/mol. The molecule has 1 aromatic carbocycles. The highest BCUT2D eigenvalue weighted by atomic mass is 32.2. The summed E-state index contributed by atoms with van der Waals surface area (Å²) >= 11 is 0. The van der Waals surface area contributed by atoms with Crippen LogP contribution in [0.1, 0.15) is 37.7 Å². The van der Waals surface area contributed by atoms with Gasteiger partial charge in [-0.2, -0.15) is 0 Å². The van der Waals surface area contributed by atoms with Crippen LogP contribution in [0.25, 0.3) is 0 Å². The summed E-state index contributed by atoms with van der Waals surface area (Å²) in [7, 11) is -3.54. The quantitative estimate of drug-likeness (QED) is 0.840. The molecule has 0 aliphatic heterocycles. The van der Waals surface area contributed by atoms with Gasteiger partial charge in [-0.25, -0.2) is 13.1 Å². The van der Waals surface area contributed by atoms with E-state index >= 15 is 0 Å². The molecule has 0 saturated heterocycles. The van der Waals surface area contributed by atoms with Crippen molar-refractivity contribution in [2.45, 2.75) is 50.0 Å². The molecule has 1 aromatic rings. The molecule has 1 aliphatic rings. The van der Waals surface area contributed by atoms with E-state index < -0.39 is 10.0 Å². The molecule has 0 heterocycles. The predicted molar refractivity (Wildman–Crippen MR) is 81.4 cm³/mol. The zero-order valence-corrected chi connectivity index (χ0v) is 13.1. The smallest absolute Gasteiger partial charge is 0.240 e. The highest BCUT2D eigenvalue weighted by Crippen LogP contribution is 2.17. The van der Waals surface area contributed by atoms with Gasteiger partial charge in [0.2, 0.25) is 15.9 Å². The van der Waals surface area contributed by atoms with E-state index in [4.69, 9.17) is 0 Å². The summed E-state index contributed by atoms with van der Waals surface area (Å²) in [6.45, 7) is 1.96. The van der Waals surface area contributed by atoms with Crippen LogP contribution in [-0.4, -0.2) is 26.9 Å². The first kappa shape index (κ1) is 16.0. The minimum Gasteiger partial charge on any atom is -0.353 e. The average molecular weight is 310 g/mol. The summed E-state index contributed by atoms with van der Waals surface area (Å²) in [5.41, 5.74) is 0.886. The number of benzene rings is 1. The van der Waals surface area contributed by atoms with Crippen LogP contribution in [0.5, 0.6) is 0 Å². The maximum Gasteiger partial charge on any atom is 0.240 e. The second-order valence-electron chi connectivity index (χ2n) is 5.51. The van der Waals surface area contributed by atoms with Crippen molar-refractivity contribution in [3.63, 3.8) is 0 Å². The van der Waals surface area contributed by atoms with Crippen LogP contribution in [0.3, 0.4) is 0 Å². The van der Waals surface area contributed by atoms with Gasteiger partial charge in [-0.05, 0) is 37.5 Å². The molecular formula is C15H22N2O3S. The van der Waals surface area contributed by atoms with E-state index in [1.54, 1.807) is 18.2 Å². The lowest BCUT2D eigenvalue weighted by atomic mass is 10.2. The Morgan fingerprint density at radius 1 is 1.29 bits per heavy atom. The van der Waals surface area contributed by atoms with E-state index in [2.05, 4.69) is 10.0 Å². The molecular weight excluding hydrogens is 288 g/mol. The van der Waals surface area contributed by atoms with Crippen LogP contribution in [-0.2, 0) is 14.8 Å². The van der Waals surface area contributed by atoms with E-state index in [0.717, 1.165) is 31.2 Å². The van der Waals surface area contributed by atoms with Crippen molar-refractivity contribution < 1.29 is 13.2 Å². The zero-order valence-electron chi connectivity index (χ0n) is 12.3. The average Bonchev–Trinajstić information content (AvgIpc) is 2.91. The van der Waals surface area contributed by atoms with Gasteiger partial charge in [0.05, 0.1) is 4.90 Å². The Morgan fingerprint density at radius 2 is 2.00 bits per heavy atom. The van der Waals surface area contributed by atoms with Crippen molar-refractivity contribution in [2.24, 2.45) is 0 Å². The van der Waals surface area contributed by atoms with Crippen LogP contribution in [0.4, 0.5) is 0 Å². The molecule has 1 amide bonds. The van der Waals surface area contributed by atoms with Gasteiger partial charge in [-0.1, -0.05) is 25.0 Å². The van der Waals surface area contributed by atoms with Crippen molar-refractivity contribution >= 4 is 15.9 Å². The number of hydrogen-bond donors (Lipinski definition) is 2.